The minimum absolute atomic E-state index is 0.312. The molecule has 1 atom stereocenters. The molecule has 1 N–H and O–H groups in total. The van der Waals surface area contributed by atoms with Gasteiger partial charge in [-0.1, -0.05) is 26.0 Å². The Kier molecular flexibility index (Phi) is 6.72. The van der Waals surface area contributed by atoms with Gasteiger partial charge in [-0.2, -0.15) is 24.9 Å². The van der Waals surface area contributed by atoms with Gasteiger partial charge in [0.25, 0.3) is 0 Å². The van der Waals surface area contributed by atoms with Crippen molar-refractivity contribution in [1.82, 2.24) is 5.32 Å². The molecular formula is C14H20F3NS. The van der Waals surface area contributed by atoms with Gasteiger partial charge in [-0.05, 0) is 36.4 Å². The van der Waals surface area contributed by atoms with Crippen LogP contribution in [0.5, 0.6) is 0 Å². The van der Waals surface area contributed by atoms with Gasteiger partial charge in [0, 0.05) is 11.8 Å². The maximum atomic E-state index is 12.5. The van der Waals surface area contributed by atoms with Crippen LogP contribution in [0, 0.1) is 0 Å². The Bertz CT molecular complexity index is 362. The van der Waals surface area contributed by atoms with Crippen LogP contribution in [0.1, 0.15) is 25.0 Å². The molecule has 1 aromatic carbocycles. The summed E-state index contributed by atoms with van der Waals surface area (Å²) in [4.78, 5) is 0. The third kappa shape index (κ3) is 5.87. The van der Waals surface area contributed by atoms with Gasteiger partial charge in [0.15, 0.2) is 0 Å². The third-order valence-corrected chi connectivity index (χ3v) is 3.83. The quantitative estimate of drug-likeness (QED) is 0.815. The number of benzene rings is 1. The summed E-state index contributed by atoms with van der Waals surface area (Å²) < 4.78 is 37.4. The lowest BCUT2D eigenvalue weighted by molar-refractivity contribution is -0.137. The predicted octanol–water partition coefficient (Wildman–Crippen LogP) is 3.98. The van der Waals surface area contributed by atoms with Crippen molar-refractivity contribution >= 4 is 11.8 Å². The van der Waals surface area contributed by atoms with Crippen LogP contribution in [-0.4, -0.2) is 24.1 Å². The highest BCUT2D eigenvalue weighted by molar-refractivity contribution is 7.99. The van der Waals surface area contributed by atoms with Crippen molar-refractivity contribution in [2.45, 2.75) is 32.5 Å². The van der Waals surface area contributed by atoms with Gasteiger partial charge in [0.05, 0.1) is 5.56 Å². The van der Waals surface area contributed by atoms with Crippen molar-refractivity contribution in [2.24, 2.45) is 0 Å². The molecule has 0 bridgehead atoms. The smallest absolute Gasteiger partial charge is 0.313 e. The number of hydrogen-bond acceptors (Lipinski definition) is 2. The minimum Gasteiger partial charge on any atom is -0.313 e. The molecule has 0 radical (unpaired) electrons. The molecule has 0 aromatic heterocycles. The second kappa shape index (κ2) is 7.80. The topological polar surface area (TPSA) is 12.0 Å². The number of hydrogen-bond donors (Lipinski definition) is 1. The molecule has 1 unspecified atom stereocenters. The summed E-state index contributed by atoms with van der Waals surface area (Å²) >= 11 is 1.84. The van der Waals surface area contributed by atoms with E-state index in [1.165, 1.54) is 0 Å². The Morgan fingerprint density at radius 3 is 2.26 bits per heavy atom. The van der Waals surface area contributed by atoms with Crippen molar-refractivity contribution in [3.63, 3.8) is 0 Å². The summed E-state index contributed by atoms with van der Waals surface area (Å²) in [6, 6.07) is 5.77. The zero-order valence-electron chi connectivity index (χ0n) is 11.3. The zero-order chi connectivity index (χ0) is 14.3. The van der Waals surface area contributed by atoms with Crippen LogP contribution in [0.2, 0.25) is 0 Å². The number of likely N-dealkylation sites (N-methyl/N-ethyl adjacent to an activating group) is 1. The summed E-state index contributed by atoms with van der Waals surface area (Å²) in [5.41, 5.74) is 0.356. The molecule has 108 valence electrons. The van der Waals surface area contributed by atoms with E-state index in [-0.39, 0.29) is 0 Å². The number of alkyl halides is 3. The predicted molar refractivity (Wildman–Crippen MR) is 75.6 cm³/mol. The zero-order valence-corrected chi connectivity index (χ0v) is 12.1. The normalized spacial score (nSPS) is 13.5. The summed E-state index contributed by atoms with van der Waals surface area (Å²) in [6.45, 7) is 5.01. The molecule has 0 aliphatic carbocycles. The van der Waals surface area contributed by atoms with E-state index in [0.29, 0.717) is 6.04 Å². The summed E-state index contributed by atoms with van der Waals surface area (Å²) in [6.07, 6.45) is -3.49. The van der Waals surface area contributed by atoms with Gasteiger partial charge in [-0.3, -0.25) is 0 Å². The Balaban J connectivity index is 2.64. The second-order valence-corrected chi connectivity index (χ2v) is 5.63. The highest BCUT2D eigenvalue weighted by Gasteiger charge is 2.29. The fraction of sp³-hybridized carbons (Fsp3) is 0.571. The van der Waals surface area contributed by atoms with Crippen LogP contribution in [-0.2, 0) is 12.6 Å². The van der Waals surface area contributed by atoms with Gasteiger partial charge in [-0.15, -0.1) is 0 Å². The first-order valence-electron chi connectivity index (χ1n) is 6.44. The minimum atomic E-state index is -4.25. The number of nitrogens with one attached hydrogen (secondary N) is 1. The van der Waals surface area contributed by atoms with Crippen LogP contribution in [0.15, 0.2) is 24.3 Å². The summed E-state index contributed by atoms with van der Waals surface area (Å²) in [7, 11) is 0. The lowest BCUT2D eigenvalue weighted by atomic mass is 10.0. The molecule has 0 saturated heterocycles. The largest absolute Gasteiger partial charge is 0.416 e. The van der Waals surface area contributed by atoms with Crippen LogP contribution in [0.4, 0.5) is 13.2 Å². The van der Waals surface area contributed by atoms with Crippen molar-refractivity contribution in [1.29, 1.82) is 0 Å². The van der Waals surface area contributed by atoms with E-state index in [2.05, 4.69) is 12.2 Å². The first-order chi connectivity index (χ1) is 8.97. The van der Waals surface area contributed by atoms with E-state index in [9.17, 15) is 13.2 Å². The van der Waals surface area contributed by atoms with Crippen molar-refractivity contribution in [2.75, 3.05) is 18.1 Å². The van der Waals surface area contributed by atoms with E-state index >= 15 is 0 Å². The molecule has 0 amide bonds. The van der Waals surface area contributed by atoms with Gasteiger partial charge in [0.1, 0.15) is 0 Å². The van der Waals surface area contributed by atoms with Crippen LogP contribution in [0.25, 0.3) is 0 Å². The van der Waals surface area contributed by atoms with Gasteiger partial charge in [-0.25, -0.2) is 0 Å². The molecule has 1 rings (SSSR count). The van der Waals surface area contributed by atoms with Crippen molar-refractivity contribution in [3.05, 3.63) is 35.4 Å². The van der Waals surface area contributed by atoms with E-state index in [1.807, 2.05) is 18.7 Å². The molecule has 0 aliphatic rings. The Morgan fingerprint density at radius 1 is 1.16 bits per heavy atom. The SMILES string of the molecule is CCNC(CSCC)Cc1ccc(C(F)(F)F)cc1. The molecule has 0 heterocycles. The van der Waals surface area contributed by atoms with Crippen LogP contribution in [0.3, 0.4) is 0 Å². The maximum absolute atomic E-state index is 12.5. The number of thioether (sulfide) groups is 1. The average Bonchev–Trinajstić information content (AvgIpc) is 2.36. The van der Waals surface area contributed by atoms with E-state index < -0.39 is 11.7 Å². The number of rotatable bonds is 7. The Morgan fingerprint density at radius 2 is 1.79 bits per heavy atom. The highest BCUT2D eigenvalue weighted by atomic mass is 32.2. The van der Waals surface area contributed by atoms with Gasteiger partial charge < -0.3 is 5.32 Å². The van der Waals surface area contributed by atoms with E-state index in [0.717, 1.165) is 42.2 Å². The van der Waals surface area contributed by atoms with E-state index in [1.54, 1.807) is 12.1 Å². The molecule has 0 fully saturated rings. The maximum Gasteiger partial charge on any atom is 0.416 e. The van der Waals surface area contributed by atoms with E-state index in [4.69, 9.17) is 0 Å². The summed E-state index contributed by atoms with van der Waals surface area (Å²) in [5, 5.41) is 3.37. The average molecular weight is 291 g/mol. The number of halogens is 3. The first-order valence-corrected chi connectivity index (χ1v) is 7.60. The highest BCUT2D eigenvalue weighted by Crippen LogP contribution is 2.29. The lowest BCUT2D eigenvalue weighted by Crippen LogP contribution is -2.33. The van der Waals surface area contributed by atoms with Crippen LogP contribution < -0.4 is 5.32 Å². The molecular weight excluding hydrogens is 271 g/mol. The molecule has 0 spiro atoms. The fourth-order valence-electron chi connectivity index (χ4n) is 1.85. The Labute approximate surface area is 117 Å². The molecule has 1 aromatic rings. The molecule has 0 aliphatic heterocycles. The van der Waals surface area contributed by atoms with Crippen molar-refractivity contribution in [3.8, 4) is 0 Å². The standard InChI is InChI=1S/C14H20F3NS/c1-3-18-13(10-19-4-2)9-11-5-7-12(8-6-11)14(15,16)17/h5-8,13,18H,3-4,9-10H2,1-2H3. The third-order valence-electron chi connectivity index (χ3n) is 2.78. The lowest BCUT2D eigenvalue weighted by Gasteiger charge is -2.17. The first kappa shape index (κ1) is 16.4. The van der Waals surface area contributed by atoms with Crippen LogP contribution >= 0.6 is 11.8 Å². The monoisotopic (exact) mass is 291 g/mol. The Hall–Kier alpha value is -0.680. The molecule has 5 heteroatoms. The van der Waals surface area contributed by atoms with Gasteiger partial charge >= 0.3 is 6.18 Å². The molecule has 19 heavy (non-hydrogen) atoms. The fourth-order valence-corrected chi connectivity index (χ4v) is 2.61. The van der Waals surface area contributed by atoms with Gasteiger partial charge in [0.2, 0.25) is 0 Å². The summed E-state index contributed by atoms with van der Waals surface area (Å²) in [5.74, 6) is 2.03. The molecule has 0 saturated carbocycles. The molecule has 1 nitrogen and oxygen atoms in total. The second-order valence-electron chi connectivity index (χ2n) is 4.31. The van der Waals surface area contributed by atoms with Crippen molar-refractivity contribution < 1.29 is 13.2 Å².